The lowest BCUT2D eigenvalue weighted by atomic mass is 9.79. The Labute approximate surface area is 69.1 Å². The van der Waals surface area contributed by atoms with Crippen molar-refractivity contribution in [2.75, 3.05) is 0 Å². The molecule has 68 valence electrons. The van der Waals surface area contributed by atoms with Crippen molar-refractivity contribution < 1.29 is 21.7 Å². The summed E-state index contributed by atoms with van der Waals surface area (Å²) in [7, 11) is 0. The van der Waals surface area contributed by atoms with Crippen molar-refractivity contribution in [2.45, 2.75) is 6.43 Å². The lowest BCUT2D eigenvalue weighted by molar-refractivity contribution is 0.152. The van der Waals surface area contributed by atoms with Crippen LogP contribution in [0.3, 0.4) is 0 Å². The Morgan fingerprint density at radius 3 is 2.08 bits per heavy atom. The molecule has 0 radical (unpaired) electrons. The van der Waals surface area contributed by atoms with E-state index in [-0.39, 0.29) is 0 Å². The third kappa shape index (κ3) is 1.77. The summed E-state index contributed by atoms with van der Waals surface area (Å²) in [4.78, 5) is 0. The van der Waals surface area contributed by atoms with Crippen molar-refractivity contribution in [1.82, 2.24) is 0 Å². The highest BCUT2D eigenvalue weighted by atomic mass is 32.1. The predicted octanol–water partition coefficient (Wildman–Crippen LogP) is 2.74. The number of halogens is 5. The summed E-state index contributed by atoms with van der Waals surface area (Å²) < 4.78 is 59.7. The second kappa shape index (κ2) is 3.04. The van der Waals surface area contributed by atoms with E-state index in [0.717, 1.165) is 5.38 Å². The van der Waals surface area contributed by atoms with Crippen LogP contribution in [0.15, 0.2) is 10.8 Å². The topological polar surface area (TPSA) is 0 Å². The van der Waals surface area contributed by atoms with Gasteiger partial charge in [0.2, 0.25) is 0 Å². The van der Waals surface area contributed by atoms with Crippen LogP contribution in [-0.2, 0) is 0 Å². The third-order valence-corrected chi connectivity index (χ3v) is 2.09. The molecule has 12 heavy (non-hydrogen) atoms. The van der Waals surface area contributed by atoms with Crippen molar-refractivity contribution >= 4 is 23.8 Å². The van der Waals surface area contributed by atoms with Gasteiger partial charge in [-0.25, -0.2) is 8.78 Å². The highest BCUT2D eigenvalue weighted by Crippen LogP contribution is 2.24. The van der Waals surface area contributed by atoms with Crippen LogP contribution in [0.4, 0.5) is 21.7 Å². The molecule has 0 amide bonds. The minimum atomic E-state index is -5.30. The highest BCUT2D eigenvalue weighted by molar-refractivity contribution is 7.09. The molecule has 0 spiro atoms. The summed E-state index contributed by atoms with van der Waals surface area (Å²) in [5.74, 6) is 0. The molecule has 0 aromatic carbocycles. The molecule has 0 fully saturated rings. The quantitative estimate of drug-likeness (QED) is 0.509. The maximum Gasteiger partial charge on any atom is 0.510 e. The van der Waals surface area contributed by atoms with Gasteiger partial charge in [0, 0.05) is 5.56 Å². The smallest absolute Gasteiger partial charge is 0.445 e. The van der Waals surface area contributed by atoms with E-state index in [4.69, 9.17) is 0 Å². The fraction of sp³-hybridized carbons (Fsp3) is 0.200. The van der Waals surface area contributed by atoms with Crippen molar-refractivity contribution in [2.24, 2.45) is 0 Å². The lowest BCUT2D eigenvalue weighted by Crippen LogP contribution is -2.35. The van der Waals surface area contributed by atoms with Gasteiger partial charge < -0.3 is 12.9 Å². The zero-order valence-corrected chi connectivity index (χ0v) is 6.42. The maximum atomic E-state index is 12.0. The Hall–Kier alpha value is -0.585. The van der Waals surface area contributed by atoms with E-state index in [9.17, 15) is 21.7 Å². The van der Waals surface area contributed by atoms with Crippen molar-refractivity contribution in [3.63, 3.8) is 0 Å². The Bertz CT molecular complexity index is 265. The normalized spacial score (nSPS) is 12.5. The van der Waals surface area contributed by atoms with Crippen LogP contribution in [0.2, 0.25) is 0 Å². The van der Waals surface area contributed by atoms with Gasteiger partial charge in [0.25, 0.3) is 6.43 Å². The highest BCUT2D eigenvalue weighted by Gasteiger charge is 2.31. The second-order valence-electron chi connectivity index (χ2n) is 2.16. The van der Waals surface area contributed by atoms with E-state index in [1.54, 1.807) is 0 Å². The molecule has 0 aliphatic carbocycles. The zero-order valence-electron chi connectivity index (χ0n) is 5.61. The van der Waals surface area contributed by atoms with E-state index < -0.39 is 24.4 Å². The largest absolute Gasteiger partial charge is 0.510 e. The molecule has 0 aliphatic rings. The summed E-state index contributed by atoms with van der Waals surface area (Å²) in [5, 5.41) is 1.54. The van der Waals surface area contributed by atoms with Gasteiger partial charge in [-0.3, -0.25) is 0 Å². The first kappa shape index (κ1) is 9.50. The van der Waals surface area contributed by atoms with E-state index in [1.165, 1.54) is 0 Å². The third-order valence-electron chi connectivity index (χ3n) is 1.31. The fourth-order valence-corrected chi connectivity index (χ4v) is 1.65. The van der Waals surface area contributed by atoms with Crippen molar-refractivity contribution in [3.05, 3.63) is 16.3 Å². The van der Waals surface area contributed by atoms with Gasteiger partial charge in [0.05, 0.1) is 0 Å². The summed E-state index contributed by atoms with van der Waals surface area (Å²) in [6.45, 7) is -5.30. The molecule has 0 N–H and O–H groups in total. The lowest BCUT2D eigenvalue weighted by Gasteiger charge is -2.14. The van der Waals surface area contributed by atoms with Crippen LogP contribution in [0.25, 0.3) is 0 Å². The molecule has 0 saturated carbocycles. The van der Waals surface area contributed by atoms with Gasteiger partial charge in [-0.05, 0) is 10.8 Å². The minimum Gasteiger partial charge on any atom is -0.445 e. The number of rotatable bonds is 2. The van der Waals surface area contributed by atoms with Crippen LogP contribution in [-0.4, -0.2) is 6.98 Å². The molecule has 1 rings (SSSR count). The molecule has 0 nitrogen and oxygen atoms in total. The zero-order chi connectivity index (χ0) is 9.35. The molecule has 1 aromatic rings. The van der Waals surface area contributed by atoms with E-state index in [1.807, 2.05) is 0 Å². The number of thiophene rings is 1. The standard InChI is InChI=1S/C5H3BF5S/c7-5(8)3-1-12-2-4(3)6(9,10)11/h1-2,5H/q-1. The predicted molar refractivity (Wildman–Crippen MR) is 38.0 cm³/mol. The molecular formula is C5H3BF5S-. The molecule has 1 aromatic heterocycles. The monoisotopic (exact) mass is 201 g/mol. The van der Waals surface area contributed by atoms with Gasteiger partial charge in [-0.1, -0.05) is 5.46 Å². The molecule has 0 saturated heterocycles. The molecule has 0 bridgehead atoms. The average molecular weight is 201 g/mol. The summed E-state index contributed by atoms with van der Waals surface area (Å²) in [5.41, 5.74) is -2.08. The maximum absolute atomic E-state index is 12.0. The van der Waals surface area contributed by atoms with E-state index >= 15 is 0 Å². The Balaban J connectivity index is 3.08. The van der Waals surface area contributed by atoms with Gasteiger partial charge in [-0.2, -0.15) is 11.3 Å². The molecule has 0 atom stereocenters. The Kier molecular flexibility index (Phi) is 2.41. The van der Waals surface area contributed by atoms with E-state index in [0.29, 0.717) is 16.7 Å². The fourth-order valence-electron chi connectivity index (χ4n) is 0.760. The van der Waals surface area contributed by atoms with Gasteiger partial charge in [-0.15, -0.1) is 0 Å². The molecular weight excluding hydrogens is 198 g/mol. The Morgan fingerprint density at radius 2 is 1.75 bits per heavy atom. The van der Waals surface area contributed by atoms with Crippen LogP contribution < -0.4 is 5.46 Å². The SMILES string of the molecule is FC(F)c1cscc1[B-](F)(F)F. The second-order valence-corrected chi connectivity index (χ2v) is 2.90. The molecule has 0 unspecified atom stereocenters. The van der Waals surface area contributed by atoms with E-state index in [2.05, 4.69) is 0 Å². The van der Waals surface area contributed by atoms with Crippen LogP contribution in [0, 0.1) is 0 Å². The molecule has 1 heterocycles. The van der Waals surface area contributed by atoms with Crippen LogP contribution in [0.5, 0.6) is 0 Å². The van der Waals surface area contributed by atoms with Crippen LogP contribution in [0.1, 0.15) is 12.0 Å². The number of alkyl halides is 2. The first-order chi connectivity index (χ1) is 5.43. The minimum absolute atomic E-state index is 0.637. The van der Waals surface area contributed by atoms with Crippen molar-refractivity contribution in [1.29, 1.82) is 0 Å². The summed E-state index contributed by atoms with van der Waals surface area (Å²) in [6, 6.07) is 0. The summed E-state index contributed by atoms with van der Waals surface area (Å²) >= 11 is 0.637. The molecule has 0 aliphatic heterocycles. The van der Waals surface area contributed by atoms with Gasteiger partial charge in [0.15, 0.2) is 0 Å². The average Bonchev–Trinajstić information content (AvgIpc) is 2.30. The number of hydrogen-bond acceptors (Lipinski definition) is 1. The first-order valence-electron chi connectivity index (χ1n) is 2.97. The van der Waals surface area contributed by atoms with Gasteiger partial charge in [0.1, 0.15) is 0 Å². The Morgan fingerprint density at radius 1 is 1.17 bits per heavy atom. The molecule has 7 heteroatoms. The van der Waals surface area contributed by atoms with Gasteiger partial charge >= 0.3 is 6.98 Å². The van der Waals surface area contributed by atoms with Crippen LogP contribution >= 0.6 is 11.3 Å². The summed E-state index contributed by atoms with van der Waals surface area (Å²) in [6.07, 6.45) is -3.05. The number of hydrogen-bond donors (Lipinski definition) is 0. The van der Waals surface area contributed by atoms with Crippen molar-refractivity contribution in [3.8, 4) is 0 Å². The first-order valence-corrected chi connectivity index (χ1v) is 3.91.